The van der Waals surface area contributed by atoms with Crippen LogP contribution in [0.1, 0.15) is 38.8 Å². The lowest BCUT2D eigenvalue weighted by molar-refractivity contribution is 0.0693. The molecule has 4 aromatic carbocycles. The van der Waals surface area contributed by atoms with Gasteiger partial charge in [-0.25, -0.2) is 4.79 Å². The van der Waals surface area contributed by atoms with Gasteiger partial charge in [0.2, 0.25) is 0 Å². The van der Waals surface area contributed by atoms with E-state index in [1.807, 2.05) is 54.6 Å². The minimum Gasteiger partial charge on any atom is -0.496 e. The Morgan fingerprint density at radius 1 is 0.900 bits per heavy atom. The molecule has 0 saturated heterocycles. The molecule has 0 aliphatic carbocycles. The Labute approximate surface area is 238 Å². The summed E-state index contributed by atoms with van der Waals surface area (Å²) < 4.78 is 13.6. The number of carbonyl (C=O) groups is 1. The molecule has 2 N–H and O–H groups in total. The number of fused-ring (bicyclic) bond motifs is 1. The summed E-state index contributed by atoms with van der Waals surface area (Å²) in [5, 5.41) is 21.2. The topological polar surface area (TPSA) is 80.9 Å². The molecule has 0 atom stereocenters. The molecular formula is C33H30ClNO5. The Hall–Kier alpha value is -4.26. The van der Waals surface area contributed by atoms with Crippen molar-refractivity contribution in [2.75, 3.05) is 20.3 Å². The highest BCUT2D eigenvalue weighted by Gasteiger charge is 2.25. The van der Waals surface area contributed by atoms with Crippen LogP contribution in [0.15, 0.2) is 97.1 Å². The molecule has 1 heterocycles. The third-order valence-corrected chi connectivity index (χ3v) is 7.28. The first-order chi connectivity index (χ1) is 19.5. The zero-order valence-corrected chi connectivity index (χ0v) is 22.8. The van der Waals surface area contributed by atoms with Crippen molar-refractivity contribution in [3.05, 3.63) is 130 Å². The number of methoxy groups -OCH3 is 1. The molecule has 0 amide bonds. The molecule has 0 fully saturated rings. The minimum atomic E-state index is -1.06. The maximum Gasteiger partial charge on any atom is 0.339 e. The third-order valence-electron chi connectivity index (χ3n) is 7.04. The first-order valence-electron chi connectivity index (χ1n) is 13.1. The Morgan fingerprint density at radius 3 is 2.17 bits per heavy atom. The minimum absolute atomic E-state index is 0.0118. The number of aliphatic hydroxyl groups excluding tert-OH is 1. The van der Waals surface area contributed by atoms with E-state index >= 15 is 0 Å². The van der Waals surface area contributed by atoms with Gasteiger partial charge in [0, 0.05) is 47.1 Å². The molecule has 0 aliphatic heterocycles. The van der Waals surface area contributed by atoms with Gasteiger partial charge in [0.05, 0.1) is 19.8 Å². The number of hydrogen-bond acceptors (Lipinski definition) is 4. The molecule has 204 valence electrons. The number of aromatic nitrogens is 1. The summed E-state index contributed by atoms with van der Waals surface area (Å²) >= 11 is 6.49. The highest BCUT2D eigenvalue weighted by atomic mass is 35.5. The summed E-state index contributed by atoms with van der Waals surface area (Å²) in [5.74, 6) is -0.310. The smallest absolute Gasteiger partial charge is 0.339 e. The van der Waals surface area contributed by atoms with Crippen LogP contribution in [0.25, 0.3) is 10.9 Å². The van der Waals surface area contributed by atoms with Crippen molar-refractivity contribution in [1.29, 1.82) is 0 Å². The molecule has 40 heavy (non-hydrogen) atoms. The van der Waals surface area contributed by atoms with E-state index in [1.165, 1.54) is 13.2 Å². The first kappa shape index (κ1) is 27.3. The number of carboxylic acids is 1. The van der Waals surface area contributed by atoms with Gasteiger partial charge in [-0.1, -0.05) is 72.3 Å². The van der Waals surface area contributed by atoms with Crippen molar-refractivity contribution >= 4 is 28.5 Å². The fourth-order valence-corrected chi connectivity index (χ4v) is 5.50. The van der Waals surface area contributed by atoms with Gasteiger partial charge in [0.1, 0.15) is 17.1 Å². The summed E-state index contributed by atoms with van der Waals surface area (Å²) in [5.41, 5.74) is 5.43. The molecule has 6 nitrogen and oxygen atoms in total. The highest BCUT2D eigenvalue weighted by molar-refractivity contribution is 6.31. The lowest BCUT2D eigenvalue weighted by Crippen LogP contribution is -2.17. The van der Waals surface area contributed by atoms with Crippen LogP contribution in [-0.2, 0) is 12.8 Å². The van der Waals surface area contributed by atoms with Gasteiger partial charge in [-0.2, -0.15) is 0 Å². The Morgan fingerprint density at radius 2 is 1.57 bits per heavy atom. The Balaban J connectivity index is 1.59. The summed E-state index contributed by atoms with van der Waals surface area (Å²) in [6, 6.07) is 31.2. The van der Waals surface area contributed by atoms with E-state index in [1.54, 1.807) is 12.1 Å². The lowest BCUT2D eigenvalue weighted by atomic mass is 9.97. The number of ether oxygens (including phenoxy) is 2. The molecule has 0 radical (unpaired) electrons. The lowest BCUT2D eigenvalue weighted by Gasteiger charge is -2.24. The summed E-state index contributed by atoms with van der Waals surface area (Å²) in [6.45, 7) is 0.322. The SMILES string of the molecule is COc1cc(OCCc2c(CCO)n(C(c3ccccc3)c3ccccc3)c3ccc(Cl)cc23)ccc1C(=O)O. The fourth-order valence-electron chi connectivity index (χ4n) is 5.33. The molecular weight excluding hydrogens is 526 g/mol. The maximum atomic E-state index is 11.4. The van der Waals surface area contributed by atoms with Crippen molar-refractivity contribution in [1.82, 2.24) is 4.57 Å². The average Bonchev–Trinajstić information content (AvgIpc) is 3.26. The largest absolute Gasteiger partial charge is 0.496 e. The fraction of sp³-hybridized carbons (Fsp3) is 0.182. The molecule has 5 rings (SSSR count). The zero-order valence-electron chi connectivity index (χ0n) is 22.1. The van der Waals surface area contributed by atoms with Gasteiger partial charge >= 0.3 is 5.97 Å². The van der Waals surface area contributed by atoms with E-state index in [4.69, 9.17) is 21.1 Å². The quantitative estimate of drug-likeness (QED) is 0.187. The van der Waals surface area contributed by atoms with Gasteiger partial charge in [-0.15, -0.1) is 0 Å². The number of carboxylic acid groups (broad SMARTS) is 1. The van der Waals surface area contributed by atoms with Crippen molar-refractivity contribution < 1.29 is 24.5 Å². The van der Waals surface area contributed by atoms with Crippen molar-refractivity contribution in [3.8, 4) is 11.5 Å². The highest BCUT2D eigenvalue weighted by Crippen LogP contribution is 2.38. The average molecular weight is 556 g/mol. The second kappa shape index (κ2) is 12.3. The Bertz CT molecular complexity index is 1580. The molecule has 5 aromatic rings. The number of nitrogens with zero attached hydrogens (tertiary/aromatic N) is 1. The van der Waals surface area contributed by atoms with E-state index in [0.717, 1.165) is 33.3 Å². The van der Waals surface area contributed by atoms with E-state index in [0.29, 0.717) is 30.2 Å². The van der Waals surface area contributed by atoms with Crippen LogP contribution in [0.2, 0.25) is 5.02 Å². The number of aliphatic hydroxyl groups is 1. The third kappa shape index (κ3) is 5.55. The zero-order chi connectivity index (χ0) is 28.1. The van der Waals surface area contributed by atoms with Crippen molar-refractivity contribution in [2.24, 2.45) is 0 Å². The van der Waals surface area contributed by atoms with Gasteiger partial charge < -0.3 is 24.3 Å². The number of aromatic carboxylic acids is 1. The molecule has 7 heteroatoms. The molecule has 0 aliphatic rings. The number of halogens is 1. The van der Waals surface area contributed by atoms with Gasteiger partial charge in [0.25, 0.3) is 0 Å². The van der Waals surface area contributed by atoms with Gasteiger partial charge in [-0.05, 0) is 47.0 Å². The molecule has 1 aromatic heterocycles. The van der Waals surface area contributed by atoms with Crippen molar-refractivity contribution in [3.63, 3.8) is 0 Å². The monoisotopic (exact) mass is 555 g/mol. The van der Waals surface area contributed by atoms with E-state index in [2.05, 4.69) is 28.8 Å². The van der Waals surface area contributed by atoms with E-state index < -0.39 is 5.97 Å². The summed E-state index contributed by atoms with van der Waals surface area (Å²) in [7, 11) is 1.43. The molecule has 0 saturated carbocycles. The second-order valence-electron chi connectivity index (χ2n) is 9.42. The Kier molecular flexibility index (Phi) is 8.39. The van der Waals surface area contributed by atoms with Crippen LogP contribution < -0.4 is 9.47 Å². The molecule has 0 bridgehead atoms. The van der Waals surface area contributed by atoms with Crippen LogP contribution in [-0.4, -0.2) is 41.1 Å². The molecule has 0 spiro atoms. The van der Waals surface area contributed by atoms with E-state index in [-0.39, 0.29) is 24.0 Å². The predicted octanol–water partition coefficient (Wildman–Crippen LogP) is 6.80. The number of benzene rings is 4. The normalized spacial score (nSPS) is 11.2. The van der Waals surface area contributed by atoms with Gasteiger partial charge in [0.15, 0.2) is 0 Å². The number of rotatable bonds is 11. The summed E-state index contributed by atoms with van der Waals surface area (Å²) in [6.07, 6.45) is 1.01. The van der Waals surface area contributed by atoms with Gasteiger partial charge in [-0.3, -0.25) is 0 Å². The van der Waals surface area contributed by atoms with Crippen LogP contribution in [0.3, 0.4) is 0 Å². The van der Waals surface area contributed by atoms with Crippen LogP contribution in [0.5, 0.6) is 11.5 Å². The molecule has 0 unspecified atom stereocenters. The van der Waals surface area contributed by atoms with Crippen LogP contribution in [0, 0.1) is 0 Å². The van der Waals surface area contributed by atoms with Crippen LogP contribution in [0.4, 0.5) is 0 Å². The maximum absolute atomic E-state index is 11.4. The van der Waals surface area contributed by atoms with E-state index in [9.17, 15) is 15.0 Å². The second-order valence-corrected chi connectivity index (χ2v) is 9.86. The first-order valence-corrected chi connectivity index (χ1v) is 13.5. The van der Waals surface area contributed by atoms with Crippen molar-refractivity contribution in [2.45, 2.75) is 18.9 Å². The predicted molar refractivity (Wildman–Crippen MR) is 157 cm³/mol. The number of hydrogen-bond donors (Lipinski definition) is 2. The summed E-state index contributed by atoms with van der Waals surface area (Å²) in [4.78, 5) is 11.4. The van der Waals surface area contributed by atoms with Crippen LogP contribution >= 0.6 is 11.6 Å². The standard InChI is InChI=1S/C33H30ClNO5/c1-39-31-21-25(13-14-27(31)33(37)38)40-19-17-26-28-20-24(34)12-15-29(28)35(30(26)16-18-36)32(22-8-4-2-5-9-22)23-10-6-3-7-11-23/h2-15,20-21,32,36H,16-19H2,1H3,(H,37,38).